The van der Waals surface area contributed by atoms with Crippen molar-refractivity contribution in [3.63, 3.8) is 0 Å². The average Bonchev–Trinajstić information content (AvgIpc) is 3.90. The first-order chi connectivity index (χ1) is 31.2. The van der Waals surface area contributed by atoms with Gasteiger partial charge in [-0.25, -0.2) is 0 Å². The summed E-state index contributed by atoms with van der Waals surface area (Å²) in [6.45, 7) is 13.3. The molecule has 0 unspecified atom stereocenters. The van der Waals surface area contributed by atoms with E-state index in [9.17, 15) is 0 Å². The molecule has 0 bridgehead atoms. The molecule has 2 aromatic heterocycles. The molecular weight excluding hydrogens is 781 g/mol. The van der Waals surface area contributed by atoms with Crippen molar-refractivity contribution in [1.29, 1.82) is 0 Å². The van der Waals surface area contributed by atoms with E-state index < -0.39 is 0 Å². The van der Waals surface area contributed by atoms with Crippen LogP contribution in [0.15, 0.2) is 142 Å². The lowest BCUT2D eigenvalue weighted by Gasteiger charge is -2.26. The predicted molar refractivity (Wildman–Crippen MR) is 270 cm³/mol. The van der Waals surface area contributed by atoms with Crippen molar-refractivity contribution in [2.45, 2.75) is 91.9 Å². The average molecular weight is 835 g/mol. The number of fused-ring (bicyclic) bond motifs is 10. The first-order valence-electron chi connectivity index (χ1n) is 23.5. The molecule has 0 radical (unpaired) electrons. The van der Waals surface area contributed by atoms with Crippen molar-refractivity contribution in [2.75, 3.05) is 9.80 Å². The third kappa shape index (κ3) is 6.09. The molecule has 2 aliphatic carbocycles. The van der Waals surface area contributed by atoms with E-state index >= 15 is 0 Å². The number of rotatable bonds is 8. The van der Waals surface area contributed by atoms with Gasteiger partial charge in [-0.1, -0.05) is 87.4 Å². The molecule has 0 amide bonds. The van der Waals surface area contributed by atoms with Gasteiger partial charge in [0, 0.05) is 78.9 Å². The highest BCUT2D eigenvalue weighted by atomic mass is 16.3. The highest BCUT2D eigenvalue weighted by Gasteiger charge is 2.32. The van der Waals surface area contributed by atoms with Crippen LogP contribution in [0.2, 0.25) is 0 Å². The van der Waals surface area contributed by atoms with Crippen LogP contribution < -0.4 is 9.80 Å². The van der Waals surface area contributed by atoms with Crippen molar-refractivity contribution in [1.82, 2.24) is 0 Å². The third-order valence-electron chi connectivity index (χ3n) is 14.4. The second-order valence-corrected chi connectivity index (χ2v) is 19.2. The minimum atomic E-state index is 0.474. The molecule has 0 saturated carbocycles. The van der Waals surface area contributed by atoms with Gasteiger partial charge in [0.1, 0.15) is 22.3 Å². The summed E-state index contributed by atoms with van der Waals surface area (Å²) >= 11 is 0. The number of furan rings is 2. The van der Waals surface area contributed by atoms with E-state index in [1.54, 1.807) is 0 Å². The fourth-order valence-electron chi connectivity index (χ4n) is 11.1. The van der Waals surface area contributed by atoms with Crippen LogP contribution in [-0.2, 0) is 25.7 Å². The highest BCUT2D eigenvalue weighted by molar-refractivity contribution is 6.23. The van der Waals surface area contributed by atoms with E-state index in [0.29, 0.717) is 11.8 Å². The highest BCUT2D eigenvalue weighted by Crippen LogP contribution is 2.52. The molecule has 0 fully saturated rings. The van der Waals surface area contributed by atoms with Crippen LogP contribution >= 0.6 is 0 Å². The van der Waals surface area contributed by atoms with Gasteiger partial charge in [-0.3, -0.25) is 0 Å². The number of hydrogen-bond acceptors (Lipinski definition) is 4. The standard InChI is InChI=1S/C60H54N2O2/c1-35(2)39-17-25-43(26-18-39)61(41-21-13-37(5)14-22-41)45-29-31-47-53(33-45)63-59-51-11-8-10-50-56(51)55-49(57(47)59)9-7-12-52(55)60-58(50)48-32-30-46(34-54(48)64-60)62(42-23-15-38(6)16-24-42)44-27-19-40(20-28-44)36(3)4/h13-36H,7-12H2,1-6H3. The van der Waals surface area contributed by atoms with Crippen molar-refractivity contribution in [3.05, 3.63) is 178 Å². The number of anilines is 6. The maximum atomic E-state index is 7.19. The zero-order chi connectivity index (χ0) is 43.4. The maximum Gasteiger partial charge on any atom is 0.139 e. The monoisotopic (exact) mass is 834 g/mol. The smallest absolute Gasteiger partial charge is 0.139 e. The van der Waals surface area contributed by atoms with Gasteiger partial charge < -0.3 is 18.6 Å². The lowest BCUT2D eigenvalue weighted by Crippen LogP contribution is -2.10. The molecule has 316 valence electrons. The Morgan fingerprint density at radius 2 is 0.703 bits per heavy atom. The van der Waals surface area contributed by atoms with Crippen molar-refractivity contribution < 1.29 is 8.83 Å². The van der Waals surface area contributed by atoms with Crippen LogP contribution in [0.5, 0.6) is 0 Å². The predicted octanol–water partition coefficient (Wildman–Crippen LogP) is 17.4. The van der Waals surface area contributed by atoms with E-state index in [0.717, 1.165) is 95.0 Å². The molecule has 0 aliphatic heterocycles. The van der Waals surface area contributed by atoms with Crippen molar-refractivity contribution in [2.24, 2.45) is 0 Å². The molecule has 4 nitrogen and oxygen atoms in total. The lowest BCUT2D eigenvalue weighted by molar-refractivity contribution is 0.653. The maximum absolute atomic E-state index is 7.19. The summed E-state index contributed by atoms with van der Waals surface area (Å²) < 4.78 is 14.4. The summed E-state index contributed by atoms with van der Waals surface area (Å²) in [5.74, 6) is 0.947. The Balaban J connectivity index is 1.04. The summed E-state index contributed by atoms with van der Waals surface area (Å²) in [7, 11) is 0. The largest absolute Gasteiger partial charge is 0.456 e. The van der Waals surface area contributed by atoms with Crippen LogP contribution in [0.4, 0.5) is 34.1 Å². The molecule has 10 aromatic rings. The summed E-state index contributed by atoms with van der Waals surface area (Å²) in [6.07, 6.45) is 6.25. The molecular formula is C60H54N2O2. The Morgan fingerprint density at radius 3 is 1.06 bits per heavy atom. The first kappa shape index (κ1) is 38.9. The second kappa shape index (κ2) is 14.9. The zero-order valence-electron chi connectivity index (χ0n) is 37.8. The van der Waals surface area contributed by atoms with Gasteiger partial charge in [-0.15, -0.1) is 0 Å². The molecule has 0 spiro atoms. The molecule has 0 N–H and O–H groups in total. The van der Waals surface area contributed by atoms with Crippen molar-refractivity contribution in [3.8, 4) is 0 Å². The van der Waals surface area contributed by atoms with Crippen LogP contribution in [-0.4, -0.2) is 0 Å². The normalized spacial score (nSPS) is 13.7. The zero-order valence-corrected chi connectivity index (χ0v) is 37.8. The molecule has 8 aromatic carbocycles. The summed E-state index contributed by atoms with van der Waals surface area (Å²) in [6, 6.07) is 49.6. The minimum absolute atomic E-state index is 0.474. The van der Waals surface area contributed by atoms with Crippen LogP contribution in [0, 0.1) is 13.8 Å². The quantitative estimate of drug-likeness (QED) is 0.153. The van der Waals surface area contributed by atoms with Gasteiger partial charge in [-0.2, -0.15) is 0 Å². The molecule has 64 heavy (non-hydrogen) atoms. The van der Waals surface area contributed by atoms with E-state index in [-0.39, 0.29) is 0 Å². The van der Waals surface area contributed by atoms with Gasteiger partial charge in [0.05, 0.1) is 0 Å². The fraction of sp³-hybridized carbons (Fsp3) is 0.233. The molecule has 0 saturated heterocycles. The SMILES string of the molecule is Cc1ccc(N(c2ccc(C(C)C)cc2)c2ccc3c(c2)oc2c4c5c(c6c(oc7cc(N(c8ccc(C)cc8)c8ccc(C(C)C)cc8)ccc76)c6c5c(c23)CCC6)CCC4)cc1. The third-order valence-corrected chi connectivity index (χ3v) is 14.4. The Kier molecular flexibility index (Phi) is 9.05. The van der Waals surface area contributed by atoms with Gasteiger partial charge in [0.2, 0.25) is 0 Å². The van der Waals surface area contributed by atoms with Gasteiger partial charge >= 0.3 is 0 Å². The van der Waals surface area contributed by atoms with Gasteiger partial charge in [0.15, 0.2) is 0 Å². The second-order valence-electron chi connectivity index (χ2n) is 19.2. The van der Waals surface area contributed by atoms with Crippen LogP contribution in [0.25, 0.3) is 54.6 Å². The van der Waals surface area contributed by atoms with Crippen LogP contribution in [0.1, 0.15) is 96.9 Å². The number of nitrogens with zero attached hydrogens (tertiary/aromatic N) is 2. The molecule has 2 heterocycles. The fourth-order valence-corrected chi connectivity index (χ4v) is 11.1. The lowest BCUT2D eigenvalue weighted by atomic mass is 9.77. The molecule has 12 rings (SSSR count). The van der Waals surface area contributed by atoms with Crippen LogP contribution in [0.3, 0.4) is 0 Å². The minimum Gasteiger partial charge on any atom is -0.456 e. The molecule has 4 heteroatoms. The molecule has 0 atom stereocenters. The van der Waals surface area contributed by atoms with E-state index in [1.165, 1.54) is 76.8 Å². The van der Waals surface area contributed by atoms with Crippen molar-refractivity contribution >= 4 is 88.8 Å². The summed E-state index contributed by atoms with van der Waals surface area (Å²) in [5, 5.41) is 7.88. The number of benzene rings is 8. The van der Waals surface area contributed by atoms with Gasteiger partial charge in [-0.05, 0) is 170 Å². The van der Waals surface area contributed by atoms with Gasteiger partial charge in [0.25, 0.3) is 0 Å². The summed E-state index contributed by atoms with van der Waals surface area (Å²) in [4.78, 5) is 4.73. The van der Waals surface area contributed by atoms with E-state index in [4.69, 9.17) is 8.83 Å². The van der Waals surface area contributed by atoms with E-state index in [1.807, 2.05) is 0 Å². The number of aryl methyl sites for hydroxylation is 6. The topological polar surface area (TPSA) is 32.8 Å². The molecule has 2 aliphatic rings. The van der Waals surface area contributed by atoms with E-state index in [2.05, 4.69) is 185 Å². The summed E-state index contributed by atoms with van der Waals surface area (Å²) in [5.41, 5.74) is 21.6. The Labute approximate surface area is 375 Å². The Bertz CT molecular complexity index is 3210. The Hall–Kier alpha value is -6.78. The Morgan fingerprint density at radius 1 is 0.375 bits per heavy atom. The first-order valence-corrected chi connectivity index (χ1v) is 23.5. The number of hydrogen-bond donors (Lipinski definition) is 0.